The largest absolute Gasteiger partial charge is 0.355 e. The van der Waals surface area contributed by atoms with Crippen LogP contribution >= 0.6 is 11.6 Å². The Bertz CT molecular complexity index is 759. The quantitative estimate of drug-likeness (QED) is 0.804. The molecule has 138 valence electrons. The van der Waals surface area contributed by atoms with Crippen molar-refractivity contribution in [3.8, 4) is 0 Å². The van der Waals surface area contributed by atoms with Crippen molar-refractivity contribution in [3.63, 3.8) is 0 Å². The van der Waals surface area contributed by atoms with E-state index < -0.39 is 6.04 Å². The zero-order valence-corrected chi connectivity index (χ0v) is 16.2. The molecular formula is C21H25ClN2O2. The summed E-state index contributed by atoms with van der Waals surface area (Å²) in [6.45, 7) is 6.57. The fraction of sp³-hybridized carbons (Fsp3) is 0.333. The zero-order chi connectivity index (χ0) is 19.1. The number of hydrogen-bond acceptors (Lipinski definition) is 2. The molecule has 0 aliphatic heterocycles. The molecule has 0 saturated carbocycles. The van der Waals surface area contributed by atoms with E-state index in [1.807, 2.05) is 50.2 Å². The molecule has 2 aromatic carbocycles. The molecule has 0 saturated heterocycles. The second-order valence-electron chi connectivity index (χ2n) is 6.38. The summed E-state index contributed by atoms with van der Waals surface area (Å²) in [5.41, 5.74) is 3.00. The normalized spacial score (nSPS) is 11.7. The van der Waals surface area contributed by atoms with Crippen molar-refractivity contribution in [3.05, 3.63) is 70.2 Å². The van der Waals surface area contributed by atoms with E-state index >= 15 is 0 Å². The highest BCUT2D eigenvalue weighted by atomic mass is 35.5. The zero-order valence-electron chi connectivity index (χ0n) is 15.5. The first-order valence-corrected chi connectivity index (χ1v) is 9.15. The minimum Gasteiger partial charge on any atom is -0.355 e. The predicted octanol–water partition coefficient (Wildman–Crippen LogP) is 3.74. The second-order valence-corrected chi connectivity index (χ2v) is 6.82. The summed E-state index contributed by atoms with van der Waals surface area (Å²) >= 11 is 5.91. The van der Waals surface area contributed by atoms with Crippen LogP contribution in [0.2, 0.25) is 5.02 Å². The summed E-state index contributed by atoms with van der Waals surface area (Å²) in [5.74, 6) is -0.239. The summed E-state index contributed by atoms with van der Waals surface area (Å²) in [6, 6.07) is 14.6. The maximum absolute atomic E-state index is 12.9. The Labute approximate surface area is 160 Å². The van der Waals surface area contributed by atoms with Crippen molar-refractivity contribution in [2.24, 2.45) is 0 Å². The van der Waals surface area contributed by atoms with Crippen LogP contribution in [0.4, 0.5) is 0 Å². The summed E-state index contributed by atoms with van der Waals surface area (Å²) in [6.07, 6.45) is 0.229. The Kier molecular flexibility index (Phi) is 7.22. The number of carbonyl (C=O) groups excluding carboxylic acids is 2. The van der Waals surface area contributed by atoms with Gasteiger partial charge in [-0.05, 0) is 44.0 Å². The third-order valence-electron chi connectivity index (χ3n) is 4.22. The summed E-state index contributed by atoms with van der Waals surface area (Å²) in [5, 5.41) is 3.43. The number of nitrogens with one attached hydrogen (secondary N) is 1. The van der Waals surface area contributed by atoms with Crippen LogP contribution in [0.3, 0.4) is 0 Å². The van der Waals surface area contributed by atoms with Crippen LogP contribution < -0.4 is 5.32 Å². The average molecular weight is 373 g/mol. The molecule has 2 aromatic rings. The molecule has 0 bridgehead atoms. The lowest BCUT2D eigenvalue weighted by atomic mass is 10.1. The number of likely N-dealkylation sites (N-methyl/N-ethyl adjacent to an activating group) is 1. The van der Waals surface area contributed by atoms with Gasteiger partial charge in [0.2, 0.25) is 11.8 Å². The van der Waals surface area contributed by atoms with Crippen LogP contribution in [0.15, 0.2) is 48.5 Å². The van der Waals surface area contributed by atoms with Crippen molar-refractivity contribution >= 4 is 23.4 Å². The summed E-state index contributed by atoms with van der Waals surface area (Å²) < 4.78 is 0. The van der Waals surface area contributed by atoms with Gasteiger partial charge in [0, 0.05) is 18.1 Å². The minimum absolute atomic E-state index is 0.0902. The maximum atomic E-state index is 12.9. The van der Waals surface area contributed by atoms with Gasteiger partial charge in [-0.1, -0.05) is 53.6 Å². The molecule has 0 radical (unpaired) electrons. The fourth-order valence-electron chi connectivity index (χ4n) is 2.79. The number of hydrogen-bond donors (Lipinski definition) is 1. The van der Waals surface area contributed by atoms with Crippen LogP contribution in [0.5, 0.6) is 0 Å². The first-order chi connectivity index (χ1) is 12.4. The molecule has 4 nitrogen and oxygen atoms in total. The van der Waals surface area contributed by atoms with Crippen LogP contribution in [-0.4, -0.2) is 29.3 Å². The molecule has 0 unspecified atom stereocenters. The van der Waals surface area contributed by atoms with E-state index in [-0.39, 0.29) is 18.2 Å². The molecule has 0 aliphatic carbocycles. The van der Waals surface area contributed by atoms with Gasteiger partial charge in [-0.25, -0.2) is 0 Å². The summed E-state index contributed by atoms with van der Waals surface area (Å²) in [7, 11) is 0. The number of halogens is 1. The number of rotatable bonds is 7. The molecule has 0 fully saturated rings. The smallest absolute Gasteiger partial charge is 0.242 e. The van der Waals surface area contributed by atoms with Gasteiger partial charge in [-0.15, -0.1) is 0 Å². The van der Waals surface area contributed by atoms with Crippen molar-refractivity contribution < 1.29 is 9.59 Å². The average Bonchev–Trinajstić information content (AvgIpc) is 2.61. The van der Waals surface area contributed by atoms with Crippen molar-refractivity contribution in [1.29, 1.82) is 0 Å². The molecule has 1 N–H and O–H groups in total. The highest BCUT2D eigenvalue weighted by molar-refractivity contribution is 6.30. The van der Waals surface area contributed by atoms with E-state index in [9.17, 15) is 9.59 Å². The lowest BCUT2D eigenvalue weighted by molar-refractivity contribution is -0.140. The van der Waals surface area contributed by atoms with E-state index in [0.29, 0.717) is 18.1 Å². The number of nitrogens with zero attached hydrogens (tertiary/aromatic N) is 1. The molecule has 0 aliphatic rings. The number of amides is 2. The highest BCUT2D eigenvalue weighted by Gasteiger charge is 2.25. The van der Waals surface area contributed by atoms with Gasteiger partial charge in [0.25, 0.3) is 0 Å². The number of carbonyl (C=O) groups is 2. The van der Waals surface area contributed by atoms with Crippen molar-refractivity contribution in [2.45, 2.75) is 39.8 Å². The molecule has 5 heteroatoms. The number of benzene rings is 2. The van der Waals surface area contributed by atoms with E-state index in [4.69, 9.17) is 11.6 Å². The van der Waals surface area contributed by atoms with Crippen molar-refractivity contribution in [1.82, 2.24) is 10.2 Å². The van der Waals surface area contributed by atoms with Gasteiger partial charge in [0.15, 0.2) is 0 Å². The second kappa shape index (κ2) is 9.39. The molecule has 26 heavy (non-hydrogen) atoms. The van der Waals surface area contributed by atoms with Crippen LogP contribution in [0, 0.1) is 6.92 Å². The van der Waals surface area contributed by atoms with E-state index in [0.717, 1.165) is 16.7 Å². The Hall–Kier alpha value is -2.33. The van der Waals surface area contributed by atoms with Gasteiger partial charge in [0.05, 0.1) is 6.42 Å². The van der Waals surface area contributed by atoms with E-state index in [2.05, 4.69) is 5.32 Å². The Morgan fingerprint density at radius 3 is 2.42 bits per heavy atom. The van der Waals surface area contributed by atoms with Gasteiger partial charge in [-0.3, -0.25) is 9.59 Å². The Balaban J connectivity index is 2.21. The third kappa shape index (κ3) is 5.60. The topological polar surface area (TPSA) is 49.4 Å². The Morgan fingerprint density at radius 1 is 1.12 bits per heavy atom. The van der Waals surface area contributed by atoms with Crippen LogP contribution in [0.25, 0.3) is 0 Å². The third-order valence-corrected chi connectivity index (χ3v) is 4.47. The molecular weight excluding hydrogens is 348 g/mol. The van der Waals surface area contributed by atoms with E-state index in [1.165, 1.54) is 0 Å². The molecule has 0 spiro atoms. The van der Waals surface area contributed by atoms with Crippen molar-refractivity contribution in [2.75, 3.05) is 6.54 Å². The SMILES string of the molecule is CCNC(=O)[C@H](C)N(Cc1cccc(C)c1)C(=O)Cc1ccc(Cl)cc1. The van der Waals surface area contributed by atoms with Gasteiger partial charge >= 0.3 is 0 Å². The standard InChI is InChI=1S/C21H25ClN2O2/c1-4-23-21(26)16(3)24(14-18-7-5-6-15(2)12-18)20(25)13-17-8-10-19(22)11-9-17/h5-12,16H,4,13-14H2,1-3H3,(H,23,26)/t16-/m0/s1. The molecule has 2 rings (SSSR count). The first kappa shape index (κ1) is 20.0. The highest BCUT2D eigenvalue weighted by Crippen LogP contribution is 2.15. The molecule has 1 atom stereocenters. The maximum Gasteiger partial charge on any atom is 0.242 e. The monoisotopic (exact) mass is 372 g/mol. The molecule has 0 heterocycles. The molecule has 2 amide bonds. The van der Waals surface area contributed by atoms with Gasteiger partial charge in [0.1, 0.15) is 6.04 Å². The lowest BCUT2D eigenvalue weighted by Gasteiger charge is -2.29. The van der Waals surface area contributed by atoms with Gasteiger partial charge < -0.3 is 10.2 Å². The number of aryl methyl sites for hydroxylation is 1. The van der Waals surface area contributed by atoms with Crippen LogP contribution in [0.1, 0.15) is 30.5 Å². The fourth-order valence-corrected chi connectivity index (χ4v) is 2.92. The lowest BCUT2D eigenvalue weighted by Crippen LogP contribution is -2.48. The summed E-state index contributed by atoms with van der Waals surface area (Å²) in [4.78, 5) is 26.9. The molecule has 0 aromatic heterocycles. The van der Waals surface area contributed by atoms with E-state index in [1.54, 1.807) is 24.0 Å². The predicted molar refractivity (Wildman–Crippen MR) is 105 cm³/mol. The first-order valence-electron chi connectivity index (χ1n) is 8.78. The van der Waals surface area contributed by atoms with Gasteiger partial charge in [-0.2, -0.15) is 0 Å². The Morgan fingerprint density at radius 2 is 1.81 bits per heavy atom. The minimum atomic E-state index is -0.546. The van der Waals surface area contributed by atoms with Crippen LogP contribution in [-0.2, 0) is 22.6 Å².